The molecule has 1 aliphatic rings. The van der Waals surface area contributed by atoms with Gasteiger partial charge in [0.15, 0.2) is 5.78 Å². The van der Waals surface area contributed by atoms with Gasteiger partial charge in [-0.05, 0) is 43.4 Å². The summed E-state index contributed by atoms with van der Waals surface area (Å²) in [5.74, 6) is 0.0791. The fourth-order valence-electron chi connectivity index (χ4n) is 1.08. The second-order valence-electron chi connectivity index (χ2n) is 4.32. The molecule has 0 saturated heterocycles. The molecule has 1 rings (SSSR count). The van der Waals surface area contributed by atoms with E-state index in [1.807, 2.05) is 43.4 Å². The van der Waals surface area contributed by atoms with Gasteiger partial charge in [0.25, 0.3) is 0 Å². The first-order valence-electron chi connectivity index (χ1n) is 4.70. The third-order valence-corrected chi connectivity index (χ3v) is 2.62. The van der Waals surface area contributed by atoms with Crippen molar-refractivity contribution in [1.29, 1.82) is 0 Å². The van der Waals surface area contributed by atoms with Gasteiger partial charge in [0.1, 0.15) is 5.60 Å². The fourth-order valence-corrected chi connectivity index (χ4v) is 1.69. The predicted octanol–water partition coefficient (Wildman–Crippen LogP) is 2.47. The topological polar surface area (TPSA) is 46.6 Å². The molecular formula is C10H14INO3. The number of halogens is 1. The summed E-state index contributed by atoms with van der Waals surface area (Å²) in [7, 11) is 0. The van der Waals surface area contributed by atoms with E-state index in [2.05, 4.69) is 0 Å². The summed E-state index contributed by atoms with van der Waals surface area (Å²) in [4.78, 5) is 24.2. The summed E-state index contributed by atoms with van der Waals surface area (Å²) < 4.78 is 5.76. The number of carbonyl (C=O) groups is 2. The van der Waals surface area contributed by atoms with Crippen molar-refractivity contribution >= 4 is 34.5 Å². The van der Waals surface area contributed by atoms with Crippen molar-refractivity contribution in [2.45, 2.75) is 32.8 Å². The summed E-state index contributed by atoms with van der Waals surface area (Å²) in [6, 6.07) is 0. The normalized spacial score (nSPS) is 17.5. The largest absolute Gasteiger partial charge is 0.443 e. The molecule has 0 unspecified atom stereocenters. The number of allylic oxidation sites excluding steroid dienone is 1. The van der Waals surface area contributed by atoms with E-state index in [0.717, 1.165) is 0 Å². The quantitative estimate of drug-likeness (QED) is 0.644. The summed E-state index contributed by atoms with van der Waals surface area (Å²) in [5, 5.41) is 0. The van der Waals surface area contributed by atoms with Gasteiger partial charge in [0.05, 0.1) is 3.58 Å². The van der Waals surface area contributed by atoms with Crippen LogP contribution in [0, 0.1) is 0 Å². The van der Waals surface area contributed by atoms with Crippen LogP contribution in [0.5, 0.6) is 0 Å². The molecule has 0 aromatic rings. The number of ether oxygens (including phenoxy) is 1. The van der Waals surface area contributed by atoms with Gasteiger partial charge >= 0.3 is 6.09 Å². The Labute approximate surface area is 103 Å². The summed E-state index contributed by atoms with van der Waals surface area (Å²) >= 11 is 1.93. The van der Waals surface area contributed by atoms with Crippen LogP contribution >= 0.6 is 22.6 Å². The number of amides is 1. The number of nitrogens with zero attached hydrogens (tertiary/aromatic N) is 1. The molecule has 4 nitrogen and oxygen atoms in total. The van der Waals surface area contributed by atoms with Gasteiger partial charge in [-0.3, -0.25) is 9.69 Å². The standard InChI is InChI=1S/C10H14INO3/c1-10(2,3)15-9(14)12-5-4-8(13)7(11)6-12/h6H,4-5H2,1-3H3. The van der Waals surface area contributed by atoms with E-state index in [1.54, 1.807) is 6.20 Å². The van der Waals surface area contributed by atoms with Crippen molar-refractivity contribution in [3.05, 3.63) is 9.78 Å². The SMILES string of the molecule is CC(C)(C)OC(=O)N1C=C(I)C(=O)CC1. The zero-order valence-corrected chi connectivity index (χ0v) is 11.2. The minimum atomic E-state index is -0.502. The monoisotopic (exact) mass is 323 g/mol. The molecule has 1 amide bonds. The van der Waals surface area contributed by atoms with Crippen molar-refractivity contribution in [3.63, 3.8) is 0 Å². The lowest BCUT2D eigenvalue weighted by Crippen LogP contribution is -2.36. The van der Waals surface area contributed by atoms with Crippen LogP contribution in [0.4, 0.5) is 4.79 Å². The van der Waals surface area contributed by atoms with E-state index < -0.39 is 11.7 Å². The maximum absolute atomic E-state index is 11.6. The zero-order valence-electron chi connectivity index (χ0n) is 9.04. The zero-order chi connectivity index (χ0) is 11.6. The molecule has 1 heterocycles. The summed E-state index contributed by atoms with van der Waals surface area (Å²) in [5.41, 5.74) is -0.502. The highest BCUT2D eigenvalue weighted by Gasteiger charge is 2.25. The maximum atomic E-state index is 11.6. The Morgan fingerprint density at radius 2 is 2.13 bits per heavy atom. The number of Topliss-reactive ketones (excluding diaryl/α,β-unsaturated/α-hetero) is 1. The Morgan fingerprint density at radius 1 is 1.53 bits per heavy atom. The maximum Gasteiger partial charge on any atom is 0.414 e. The van der Waals surface area contributed by atoms with Crippen LogP contribution in [-0.4, -0.2) is 28.9 Å². The van der Waals surface area contributed by atoms with E-state index >= 15 is 0 Å². The van der Waals surface area contributed by atoms with Crippen molar-refractivity contribution in [2.75, 3.05) is 6.54 Å². The first kappa shape index (κ1) is 12.5. The Bertz CT molecular complexity index is 317. The molecule has 0 fully saturated rings. The van der Waals surface area contributed by atoms with Gasteiger partial charge in [0, 0.05) is 19.2 Å². The van der Waals surface area contributed by atoms with Gasteiger partial charge < -0.3 is 4.74 Å². The van der Waals surface area contributed by atoms with Crippen molar-refractivity contribution < 1.29 is 14.3 Å². The van der Waals surface area contributed by atoms with Crippen LogP contribution in [0.25, 0.3) is 0 Å². The molecule has 0 aliphatic carbocycles. The molecule has 15 heavy (non-hydrogen) atoms. The molecule has 1 aliphatic heterocycles. The van der Waals surface area contributed by atoms with Crippen LogP contribution in [-0.2, 0) is 9.53 Å². The minimum absolute atomic E-state index is 0.0791. The Balaban J connectivity index is 2.67. The van der Waals surface area contributed by atoms with Gasteiger partial charge in [-0.25, -0.2) is 4.79 Å². The third-order valence-electron chi connectivity index (χ3n) is 1.74. The highest BCUT2D eigenvalue weighted by molar-refractivity contribution is 14.1. The molecular weight excluding hydrogens is 309 g/mol. The molecule has 0 saturated carbocycles. The number of ketones is 1. The Hall–Kier alpha value is -0.590. The molecule has 0 aromatic heterocycles. The number of carbonyl (C=O) groups excluding carboxylic acids is 2. The lowest BCUT2D eigenvalue weighted by atomic mass is 10.2. The van der Waals surface area contributed by atoms with Gasteiger partial charge in [-0.15, -0.1) is 0 Å². The van der Waals surface area contributed by atoms with Crippen LogP contribution in [0.3, 0.4) is 0 Å². The highest BCUT2D eigenvalue weighted by atomic mass is 127. The average molecular weight is 323 g/mol. The van der Waals surface area contributed by atoms with E-state index in [1.165, 1.54) is 4.90 Å². The van der Waals surface area contributed by atoms with E-state index in [-0.39, 0.29) is 5.78 Å². The van der Waals surface area contributed by atoms with E-state index in [4.69, 9.17) is 4.74 Å². The van der Waals surface area contributed by atoms with Gasteiger partial charge in [-0.2, -0.15) is 0 Å². The second kappa shape index (κ2) is 4.51. The predicted molar refractivity (Wildman–Crippen MR) is 64.7 cm³/mol. The lowest BCUT2D eigenvalue weighted by Gasteiger charge is -2.27. The number of hydrogen-bond donors (Lipinski definition) is 0. The molecule has 84 valence electrons. The average Bonchev–Trinajstić information content (AvgIpc) is 2.06. The molecule has 0 bridgehead atoms. The van der Waals surface area contributed by atoms with Gasteiger partial charge in [-0.1, -0.05) is 0 Å². The molecule has 0 radical (unpaired) electrons. The van der Waals surface area contributed by atoms with Crippen molar-refractivity contribution in [1.82, 2.24) is 4.90 Å². The van der Waals surface area contributed by atoms with Gasteiger partial charge in [0.2, 0.25) is 0 Å². The second-order valence-corrected chi connectivity index (χ2v) is 5.49. The van der Waals surface area contributed by atoms with Crippen molar-refractivity contribution in [3.8, 4) is 0 Å². The van der Waals surface area contributed by atoms with Crippen LogP contribution in [0.1, 0.15) is 27.2 Å². The summed E-state index contributed by atoms with van der Waals surface area (Å²) in [6.07, 6.45) is 1.51. The number of rotatable bonds is 0. The number of hydrogen-bond acceptors (Lipinski definition) is 3. The highest BCUT2D eigenvalue weighted by Crippen LogP contribution is 2.19. The smallest absolute Gasteiger partial charge is 0.414 e. The van der Waals surface area contributed by atoms with Crippen LogP contribution in [0.2, 0.25) is 0 Å². The van der Waals surface area contributed by atoms with E-state index in [9.17, 15) is 9.59 Å². The Morgan fingerprint density at radius 3 is 2.60 bits per heavy atom. The van der Waals surface area contributed by atoms with E-state index in [0.29, 0.717) is 16.5 Å². The minimum Gasteiger partial charge on any atom is -0.443 e. The third kappa shape index (κ3) is 3.81. The Kier molecular flexibility index (Phi) is 3.75. The molecule has 0 atom stereocenters. The first-order valence-corrected chi connectivity index (χ1v) is 5.77. The molecule has 5 heteroatoms. The molecule has 0 aromatic carbocycles. The fraction of sp³-hybridized carbons (Fsp3) is 0.600. The van der Waals surface area contributed by atoms with Crippen molar-refractivity contribution in [2.24, 2.45) is 0 Å². The summed E-state index contributed by atoms with van der Waals surface area (Å²) in [6.45, 7) is 5.85. The van der Waals surface area contributed by atoms with Crippen LogP contribution < -0.4 is 0 Å². The van der Waals surface area contributed by atoms with Crippen LogP contribution in [0.15, 0.2) is 9.78 Å². The molecule has 0 spiro atoms. The first-order chi connectivity index (χ1) is 6.79. The lowest BCUT2D eigenvalue weighted by molar-refractivity contribution is -0.115. The molecule has 0 N–H and O–H groups in total.